The van der Waals surface area contributed by atoms with E-state index in [1.54, 1.807) is 0 Å². The van der Waals surface area contributed by atoms with Gasteiger partial charge in [0.15, 0.2) is 5.82 Å². The fourth-order valence-electron chi connectivity index (χ4n) is 6.66. The van der Waals surface area contributed by atoms with E-state index in [4.69, 9.17) is 9.72 Å². The van der Waals surface area contributed by atoms with E-state index in [0.717, 1.165) is 81.8 Å². The highest BCUT2D eigenvalue weighted by molar-refractivity contribution is 5.59. The Balaban J connectivity index is 1.10. The molecule has 0 radical (unpaired) electrons. The Morgan fingerprint density at radius 1 is 0.919 bits per heavy atom. The van der Waals surface area contributed by atoms with E-state index in [9.17, 15) is 0 Å². The second-order valence-electron chi connectivity index (χ2n) is 10.9. The largest absolute Gasteiger partial charge is 0.379 e. The maximum Gasteiger partial charge on any atom is 0.253 e. The van der Waals surface area contributed by atoms with Crippen molar-refractivity contribution in [3.8, 4) is 11.4 Å². The molecule has 1 aromatic heterocycles. The van der Waals surface area contributed by atoms with E-state index in [2.05, 4.69) is 45.7 Å². The number of morpholine rings is 1. The Labute approximate surface area is 217 Å². The van der Waals surface area contributed by atoms with Gasteiger partial charge in [0.1, 0.15) is 5.82 Å². The van der Waals surface area contributed by atoms with Crippen LogP contribution in [0.3, 0.4) is 0 Å². The van der Waals surface area contributed by atoms with Gasteiger partial charge in [-0.3, -0.25) is 9.47 Å². The van der Waals surface area contributed by atoms with Crippen LogP contribution in [0, 0.1) is 0 Å². The van der Waals surface area contributed by atoms with E-state index in [0.29, 0.717) is 17.5 Å². The summed E-state index contributed by atoms with van der Waals surface area (Å²) in [5.41, 5.74) is 2.60. The second-order valence-corrected chi connectivity index (χ2v) is 10.9. The second kappa shape index (κ2) is 9.64. The summed E-state index contributed by atoms with van der Waals surface area (Å²) in [5.74, 6) is 2.44. The number of ether oxygens (including phenoxy) is 1. The summed E-state index contributed by atoms with van der Waals surface area (Å²) in [6.45, 7) is 6.89. The van der Waals surface area contributed by atoms with Gasteiger partial charge in [-0.05, 0) is 37.8 Å². The molecule has 1 N–H and O–H groups in total. The van der Waals surface area contributed by atoms with Crippen LogP contribution in [0.15, 0.2) is 35.7 Å². The van der Waals surface area contributed by atoms with Crippen LogP contribution >= 0.6 is 0 Å². The molecule has 6 heterocycles. The molecule has 0 atom stereocenters. The molecule has 5 aliphatic heterocycles. The van der Waals surface area contributed by atoms with Gasteiger partial charge in [0.2, 0.25) is 5.95 Å². The first-order valence-corrected chi connectivity index (χ1v) is 13.8. The summed E-state index contributed by atoms with van der Waals surface area (Å²) in [5, 5.41) is 3.52. The monoisotopic (exact) mass is 501 g/mol. The summed E-state index contributed by atoms with van der Waals surface area (Å²) in [7, 11) is 0. The number of piperidine rings is 1. The van der Waals surface area contributed by atoms with Gasteiger partial charge in [-0.1, -0.05) is 19.3 Å². The Bertz CT molecular complexity index is 1260. The van der Waals surface area contributed by atoms with Gasteiger partial charge in [-0.25, -0.2) is 15.0 Å². The van der Waals surface area contributed by atoms with Crippen molar-refractivity contribution in [1.82, 2.24) is 29.4 Å². The van der Waals surface area contributed by atoms with Crippen molar-refractivity contribution in [3.63, 3.8) is 0 Å². The molecule has 0 aromatic carbocycles. The van der Waals surface area contributed by atoms with Gasteiger partial charge in [0.05, 0.1) is 36.2 Å². The predicted molar refractivity (Wildman–Crippen MR) is 141 cm³/mol. The number of nitrogens with one attached hydrogen (secondary N) is 1. The number of hydrogen-bond acceptors (Lipinski definition) is 9. The van der Waals surface area contributed by atoms with Gasteiger partial charge in [-0.15, -0.1) is 0 Å². The molecule has 3 fully saturated rings. The van der Waals surface area contributed by atoms with Crippen molar-refractivity contribution < 1.29 is 4.74 Å². The van der Waals surface area contributed by atoms with Crippen molar-refractivity contribution in [2.24, 2.45) is 4.99 Å². The zero-order valence-corrected chi connectivity index (χ0v) is 21.3. The summed E-state index contributed by atoms with van der Waals surface area (Å²) in [4.78, 5) is 28.4. The quantitative estimate of drug-likeness (QED) is 0.585. The van der Waals surface area contributed by atoms with Crippen LogP contribution in [-0.4, -0.2) is 81.4 Å². The molecule has 7 rings (SSSR count). The van der Waals surface area contributed by atoms with Crippen LogP contribution in [-0.2, 0) is 10.3 Å². The predicted octanol–water partition coefficient (Wildman–Crippen LogP) is 2.79. The van der Waals surface area contributed by atoms with Crippen LogP contribution in [0.25, 0.3) is 11.4 Å². The van der Waals surface area contributed by atoms with Crippen molar-refractivity contribution in [3.05, 3.63) is 36.3 Å². The standard InChI is InChI=1S/C27H35N9O/c1-2-8-27(9-3-1)19-31-26-30-17-20-16-29-25(33-24(20)36(26)27)32-23-5-4-22(18-28-23)34-10-6-21(7-11-34)35-12-14-37-15-13-35/h4-5,16-18,21H,1-3,6-15,19H2,(H,30,31). The molecule has 1 aromatic rings. The van der Waals surface area contributed by atoms with Crippen molar-refractivity contribution in [2.45, 2.75) is 56.5 Å². The highest BCUT2D eigenvalue weighted by Gasteiger charge is 2.41. The molecular weight excluding hydrogens is 466 g/mol. The molecule has 0 bridgehead atoms. The number of pyridine rings is 1. The lowest BCUT2D eigenvalue weighted by Gasteiger charge is -2.40. The first-order chi connectivity index (χ1) is 18.3. The summed E-state index contributed by atoms with van der Waals surface area (Å²) < 4.78 is 7.84. The summed E-state index contributed by atoms with van der Waals surface area (Å²) in [6.07, 6.45) is 14.1. The van der Waals surface area contributed by atoms with Gasteiger partial charge in [0, 0.05) is 51.2 Å². The third kappa shape index (κ3) is 4.35. The average molecular weight is 502 g/mol. The minimum Gasteiger partial charge on any atom is -0.379 e. The highest BCUT2D eigenvalue weighted by atomic mass is 16.5. The van der Waals surface area contributed by atoms with Crippen LogP contribution in [0.5, 0.6) is 0 Å². The Hall–Kier alpha value is -3.11. The van der Waals surface area contributed by atoms with Crippen molar-refractivity contribution in [1.29, 1.82) is 0 Å². The smallest absolute Gasteiger partial charge is 0.253 e. The molecule has 1 aliphatic carbocycles. The topological polar surface area (TPSA) is 96.6 Å². The molecule has 1 spiro atoms. The lowest BCUT2D eigenvalue weighted by Crippen LogP contribution is -2.49. The zero-order valence-electron chi connectivity index (χ0n) is 21.3. The minimum atomic E-state index is 0.0564. The molecule has 1 saturated carbocycles. The molecule has 10 heteroatoms. The molecule has 2 saturated heterocycles. The first kappa shape index (κ1) is 23.0. The van der Waals surface area contributed by atoms with E-state index >= 15 is 0 Å². The number of fused-ring (bicyclic) bond motifs is 4. The summed E-state index contributed by atoms with van der Waals surface area (Å²) in [6, 6.07) is 4.77. The van der Waals surface area contributed by atoms with Crippen LogP contribution in [0.2, 0.25) is 0 Å². The fraction of sp³-hybridized carbons (Fsp3) is 0.593. The van der Waals surface area contributed by atoms with Gasteiger partial charge < -0.3 is 15.0 Å². The number of rotatable bonds is 3. The van der Waals surface area contributed by atoms with E-state index < -0.39 is 0 Å². The Morgan fingerprint density at radius 3 is 2.51 bits per heavy atom. The number of hydrogen-bond donors (Lipinski definition) is 1. The van der Waals surface area contributed by atoms with Crippen molar-refractivity contribution in [2.75, 3.05) is 56.2 Å². The molecule has 0 unspecified atom stereocenters. The first-order valence-electron chi connectivity index (χ1n) is 13.8. The van der Waals surface area contributed by atoms with Gasteiger partial charge in [0.25, 0.3) is 5.62 Å². The van der Waals surface area contributed by atoms with Crippen LogP contribution in [0.1, 0.15) is 44.9 Å². The third-order valence-electron chi connectivity index (χ3n) is 8.71. The molecule has 194 valence electrons. The Kier molecular flexibility index (Phi) is 6.01. The number of nitrogens with zero attached hydrogens (tertiary/aromatic N) is 8. The van der Waals surface area contributed by atoms with E-state index in [-0.39, 0.29) is 5.54 Å². The SMILES string of the molecule is c1nc2n(c3nc(=Nc4ccc(N5CCC(N6CCOCC6)CC5)cn4)ncc1-3)C1(CCCCC1)CN2. The number of aromatic nitrogens is 5. The molecule has 6 aliphatic rings. The van der Waals surface area contributed by atoms with E-state index in [1.807, 2.05) is 24.7 Å². The maximum atomic E-state index is 5.52. The fourth-order valence-corrected chi connectivity index (χ4v) is 6.66. The van der Waals surface area contributed by atoms with Crippen molar-refractivity contribution >= 4 is 17.5 Å². The Morgan fingerprint density at radius 2 is 1.73 bits per heavy atom. The molecule has 0 amide bonds. The normalized spacial score (nSPS) is 22.9. The highest BCUT2D eigenvalue weighted by Crippen LogP contribution is 2.43. The average Bonchev–Trinajstić information content (AvgIpc) is 3.32. The van der Waals surface area contributed by atoms with Gasteiger partial charge >= 0.3 is 0 Å². The van der Waals surface area contributed by atoms with Gasteiger partial charge in [-0.2, -0.15) is 9.98 Å². The molecule has 10 nitrogen and oxygen atoms in total. The number of anilines is 2. The molecule has 37 heavy (non-hydrogen) atoms. The lowest BCUT2D eigenvalue weighted by molar-refractivity contribution is 0.0115. The van der Waals surface area contributed by atoms with Crippen LogP contribution < -0.4 is 15.8 Å². The minimum absolute atomic E-state index is 0.0564. The summed E-state index contributed by atoms with van der Waals surface area (Å²) >= 11 is 0. The zero-order chi connectivity index (χ0) is 24.7. The molecular formula is C27H35N9O. The van der Waals surface area contributed by atoms with Crippen LogP contribution in [0.4, 0.5) is 17.5 Å². The maximum absolute atomic E-state index is 5.52. The third-order valence-corrected chi connectivity index (χ3v) is 8.71. The van der Waals surface area contributed by atoms with E-state index in [1.165, 1.54) is 32.1 Å². The lowest BCUT2D eigenvalue weighted by atomic mass is 9.82.